The second-order valence-electron chi connectivity index (χ2n) is 5.84. The lowest BCUT2D eigenvalue weighted by Crippen LogP contribution is -2.03. The van der Waals surface area contributed by atoms with Crippen LogP contribution in [0.1, 0.15) is 69.5 Å². The van der Waals surface area contributed by atoms with Gasteiger partial charge in [-0.2, -0.15) is 0 Å². The molecule has 1 rings (SSSR count). The monoisotopic (exact) mass is 340 g/mol. The molecule has 4 nitrogen and oxygen atoms in total. The topological polar surface area (TPSA) is 66.8 Å². The molecule has 0 aromatic heterocycles. The smallest absolute Gasteiger partial charge is 0.303 e. The maximum Gasteiger partial charge on any atom is 0.470 e. The van der Waals surface area contributed by atoms with Crippen LogP contribution in [-0.2, 0) is 9.09 Å². The number of phosphoric ester groups is 1. The molecule has 23 heavy (non-hydrogen) atoms. The zero-order valence-corrected chi connectivity index (χ0v) is 14.7. The standard InChI is InChI=1S/C18H29O4P/c1-2-3-4-5-6-7-8-9-13-16-18(22-23(19,20)21)17-14-11-10-12-15-17/h2,10-12,14-15,18H,1,3-9,13,16H2,(H2,19,20,21). The zero-order valence-electron chi connectivity index (χ0n) is 13.8. The molecule has 0 radical (unpaired) electrons. The third-order valence-corrected chi connectivity index (χ3v) is 4.34. The van der Waals surface area contributed by atoms with E-state index >= 15 is 0 Å². The highest BCUT2D eigenvalue weighted by Crippen LogP contribution is 2.44. The average molecular weight is 340 g/mol. The maximum atomic E-state index is 11.1. The Morgan fingerprint density at radius 2 is 1.57 bits per heavy atom. The Hall–Kier alpha value is -0.930. The zero-order chi connectivity index (χ0) is 17.0. The third-order valence-electron chi connectivity index (χ3n) is 3.81. The molecule has 1 aromatic rings. The fourth-order valence-electron chi connectivity index (χ4n) is 2.62. The van der Waals surface area contributed by atoms with Gasteiger partial charge in [-0.15, -0.1) is 6.58 Å². The first-order valence-corrected chi connectivity index (χ1v) is 9.96. The largest absolute Gasteiger partial charge is 0.470 e. The molecule has 2 N–H and O–H groups in total. The van der Waals surface area contributed by atoms with Crippen molar-refractivity contribution in [2.45, 2.75) is 63.9 Å². The van der Waals surface area contributed by atoms with Crippen LogP contribution in [0, 0.1) is 0 Å². The van der Waals surface area contributed by atoms with Gasteiger partial charge in [0.05, 0.1) is 6.10 Å². The average Bonchev–Trinajstić information content (AvgIpc) is 2.52. The van der Waals surface area contributed by atoms with Gasteiger partial charge in [-0.05, 0) is 24.8 Å². The number of hydrogen-bond acceptors (Lipinski definition) is 2. The highest BCUT2D eigenvalue weighted by Gasteiger charge is 2.23. The second kappa shape index (κ2) is 11.6. The van der Waals surface area contributed by atoms with Gasteiger partial charge in [0.1, 0.15) is 0 Å². The Labute approximate surface area is 139 Å². The summed E-state index contributed by atoms with van der Waals surface area (Å²) in [4.78, 5) is 18.1. The van der Waals surface area contributed by atoms with Crippen LogP contribution in [-0.4, -0.2) is 9.79 Å². The molecule has 1 aromatic carbocycles. The molecule has 0 aliphatic heterocycles. The summed E-state index contributed by atoms with van der Waals surface area (Å²) in [5, 5.41) is 0. The van der Waals surface area contributed by atoms with Crippen molar-refractivity contribution in [1.82, 2.24) is 0 Å². The molecule has 0 saturated carbocycles. The van der Waals surface area contributed by atoms with E-state index in [4.69, 9.17) is 14.3 Å². The third kappa shape index (κ3) is 10.5. The lowest BCUT2D eigenvalue weighted by Gasteiger charge is -2.18. The molecule has 0 heterocycles. The highest BCUT2D eigenvalue weighted by atomic mass is 31.2. The summed E-state index contributed by atoms with van der Waals surface area (Å²) >= 11 is 0. The molecule has 0 bridgehead atoms. The molecule has 1 unspecified atom stereocenters. The minimum atomic E-state index is -4.47. The minimum absolute atomic E-state index is 0.537. The Balaban J connectivity index is 2.27. The first-order valence-electron chi connectivity index (χ1n) is 8.42. The van der Waals surface area contributed by atoms with Crippen LogP contribution in [0.3, 0.4) is 0 Å². The molecule has 130 valence electrons. The molecular formula is C18H29O4P. The van der Waals surface area contributed by atoms with Crippen LogP contribution in [0.4, 0.5) is 0 Å². The summed E-state index contributed by atoms with van der Waals surface area (Å²) in [6.45, 7) is 3.72. The lowest BCUT2D eigenvalue weighted by atomic mass is 10.0. The van der Waals surface area contributed by atoms with Gasteiger partial charge in [0.25, 0.3) is 0 Å². The highest BCUT2D eigenvalue weighted by molar-refractivity contribution is 7.46. The van der Waals surface area contributed by atoms with Crippen LogP contribution in [0.25, 0.3) is 0 Å². The van der Waals surface area contributed by atoms with Gasteiger partial charge in [0, 0.05) is 0 Å². The van der Waals surface area contributed by atoms with E-state index in [-0.39, 0.29) is 0 Å². The van der Waals surface area contributed by atoms with E-state index in [0.717, 1.165) is 31.2 Å². The van der Waals surface area contributed by atoms with Crippen molar-refractivity contribution >= 4 is 7.82 Å². The first kappa shape index (κ1) is 20.1. The van der Waals surface area contributed by atoms with Crippen LogP contribution in [0.2, 0.25) is 0 Å². The second-order valence-corrected chi connectivity index (χ2v) is 7.03. The minimum Gasteiger partial charge on any atom is -0.303 e. The maximum absolute atomic E-state index is 11.1. The van der Waals surface area contributed by atoms with Crippen molar-refractivity contribution in [3.05, 3.63) is 48.6 Å². The molecule has 0 amide bonds. The number of unbranched alkanes of at least 4 members (excludes halogenated alkanes) is 7. The van der Waals surface area contributed by atoms with Gasteiger partial charge in [0.2, 0.25) is 0 Å². The van der Waals surface area contributed by atoms with E-state index in [1.807, 2.05) is 36.4 Å². The normalized spacial score (nSPS) is 13.0. The lowest BCUT2D eigenvalue weighted by molar-refractivity contribution is 0.125. The van der Waals surface area contributed by atoms with Crippen molar-refractivity contribution in [3.63, 3.8) is 0 Å². The summed E-state index contributed by atoms with van der Waals surface area (Å²) in [5.41, 5.74) is 0.820. The predicted octanol–water partition coefficient (Wildman–Crippen LogP) is 5.53. The Morgan fingerprint density at radius 1 is 1.00 bits per heavy atom. The molecular weight excluding hydrogens is 311 g/mol. The Bertz CT molecular complexity index is 469. The Kier molecular flexibility index (Phi) is 10.1. The number of phosphoric acid groups is 1. The van der Waals surface area contributed by atoms with Crippen LogP contribution < -0.4 is 0 Å². The van der Waals surface area contributed by atoms with Crippen molar-refractivity contribution in [1.29, 1.82) is 0 Å². The molecule has 0 aliphatic rings. The van der Waals surface area contributed by atoms with Gasteiger partial charge in [0.15, 0.2) is 0 Å². The van der Waals surface area contributed by atoms with Crippen molar-refractivity contribution in [3.8, 4) is 0 Å². The number of allylic oxidation sites excluding steroid dienone is 1. The number of benzene rings is 1. The van der Waals surface area contributed by atoms with Crippen molar-refractivity contribution < 1.29 is 18.9 Å². The fourth-order valence-corrected chi connectivity index (χ4v) is 3.17. The number of hydrogen-bond donors (Lipinski definition) is 2. The van der Waals surface area contributed by atoms with E-state index in [0.29, 0.717) is 6.42 Å². The quantitative estimate of drug-likeness (QED) is 0.281. The van der Waals surface area contributed by atoms with E-state index < -0.39 is 13.9 Å². The molecule has 1 atom stereocenters. The van der Waals surface area contributed by atoms with Gasteiger partial charge in [-0.3, -0.25) is 4.52 Å². The van der Waals surface area contributed by atoms with Crippen molar-refractivity contribution in [2.24, 2.45) is 0 Å². The van der Waals surface area contributed by atoms with Gasteiger partial charge in [-0.25, -0.2) is 4.57 Å². The van der Waals surface area contributed by atoms with E-state index in [1.54, 1.807) is 0 Å². The molecule has 0 saturated heterocycles. The van der Waals surface area contributed by atoms with Crippen LogP contribution in [0.15, 0.2) is 43.0 Å². The summed E-state index contributed by atoms with van der Waals surface area (Å²) < 4.78 is 16.1. The summed E-state index contributed by atoms with van der Waals surface area (Å²) in [6.07, 6.45) is 11.2. The molecule has 0 aliphatic carbocycles. The van der Waals surface area contributed by atoms with Gasteiger partial charge >= 0.3 is 7.82 Å². The Morgan fingerprint density at radius 3 is 2.13 bits per heavy atom. The molecule has 0 fully saturated rings. The summed E-state index contributed by atoms with van der Waals surface area (Å²) in [7, 11) is -4.47. The van der Waals surface area contributed by atoms with Crippen molar-refractivity contribution in [2.75, 3.05) is 0 Å². The number of rotatable bonds is 13. The van der Waals surface area contributed by atoms with Crippen LogP contribution in [0.5, 0.6) is 0 Å². The molecule has 0 spiro atoms. The SMILES string of the molecule is C=CCCCCCCCCCC(OP(=O)(O)O)c1ccccc1. The van der Waals surface area contributed by atoms with Gasteiger partial charge in [-0.1, -0.05) is 74.9 Å². The summed E-state index contributed by atoms with van der Waals surface area (Å²) in [6, 6.07) is 9.29. The van der Waals surface area contributed by atoms with E-state index in [1.165, 1.54) is 25.7 Å². The summed E-state index contributed by atoms with van der Waals surface area (Å²) in [5.74, 6) is 0. The first-order chi connectivity index (χ1) is 11.0. The van der Waals surface area contributed by atoms with E-state index in [9.17, 15) is 4.57 Å². The predicted molar refractivity (Wildman–Crippen MR) is 94.1 cm³/mol. The van der Waals surface area contributed by atoms with E-state index in [2.05, 4.69) is 6.58 Å². The molecule has 5 heteroatoms. The fraction of sp³-hybridized carbons (Fsp3) is 0.556. The van der Waals surface area contributed by atoms with Gasteiger partial charge < -0.3 is 9.79 Å². The van der Waals surface area contributed by atoms with Crippen LogP contribution >= 0.6 is 7.82 Å².